The Morgan fingerprint density at radius 2 is 1.82 bits per heavy atom. The van der Waals surface area contributed by atoms with Crippen LogP contribution >= 0.6 is 23.4 Å². The van der Waals surface area contributed by atoms with Crippen molar-refractivity contribution in [2.45, 2.75) is 23.2 Å². The van der Waals surface area contributed by atoms with Gasteiger partial charge in [0.1, 0.15) is 5.25 Å². The number of thioether (sulfide) groups is 1. The van der Waals surface area contributed by atoms with Gasteiger partial charge < -0.3 is 10.7 Å². The molecule has 2 heterocycles. The van der Waals surface area contributed by atoms with Crippen LogP contribution in [-0.2, 0) is 4.79 Å². The molecule has 1 unspecified atom stereocenters. The average Bonchev–Trinajstić information content (AvgIpc) is 3.37. The van der Waals surface area contributed by atoms with Gasteiger partial charge in [0.05, 0.1) is 0 Å². The van der Waals surface area contributed by atoms with Gasteiger partial charge in [0.25, 0.3) is 0 Å². The molecule has 144 valence electrons. The second-order valence-corrected chi connectivity index (χ2v) is 8.14. The number of hydrogen-bond donors (Lipinski definition) is 1. The van der Waals surface area contributed by atoms with Gasteiger partial charge in [-0.3, -0.25) is 4.79 Å². The van der Waals surface area contributed by atoms with Gasteiger partial charge in [-0.2, -0.15) is 0 Å². The molecule has 1 aromatic heterocycles. The lowest BCUT2D eigenvalue weighted by atomic mass is 10.1. The number of nitrogens with zero attached hydrogens (tertiary/aromatic N) is 4. The van der Waals surface area contributed by atoms with Crippen LogP contribution < -0.4 is 5.84 Å². The number of carbonyl (C=O) groups is 1. The molecule has 1 atom stereocenters. The fourth-order valence-corrected chi connectivity index (χ4v) is 4.51. The van der Waals surface area contributed by atoms with Crippen LogP contribution in [0.25, 0.3) is 11.4 Å². The van der Waals surface area contributed by atoms with Crippen LogP contribution in [-0.4, -0.2) is 38.8 Å². The SMILES string of the molecule is Nn1c(SC(C(=O)N2CCCC2)c2ccccc2)nnc1-c1cccc(Cl)c1. The summed E-state index contributed by atoms with van der Waals surface area (Å²) < 4.78 is 1.42. The van der Waals surface area contributed by atoms with Crippen LogP contribution in [0.5, 0.6) is 0 Å². The highest BCUT2D eigenvalue weighted by atomic mass is 35.5. The molecule has 1 fully saturated rings. The summed E-state index contributed by atoms with van der Waals surface area (Å²) in [6.07, 6.45) is 2.09. The fraction of sp³-hybridized carbons (Fsp3) is 0.250. The van der Waals surface area contributed by atoms with Gasteiger partial charge in [-0.1, -0.05) is 65.8 Å². The van der Waals surface area contributed by atoms with E-state index in [-0.39, 0.29) is 5.91 Å². The summed E-state index contributed by atoms with van der Waals surface area (Å²) in [6, 6.07) is 17.0. The van der Waals surface area contributed by atoms with Crippen molar-refractivity contribution in [1.82, 2.24) is 19.8 Å². The Balaban J connectivity index is 1.65. The minimum Gasteiger partial charge on any atom is -0.341 e. The number of carbonyl (C=O) groups excluding carboxylic acids is 1. The van der Waals surface area contributed by atoms with Crippen LogP contribution in [0.1, 0.15) is 23.7 Å². The topological polar surface area (TPSA) is 77.0 Å². The van der Waals surface area contributed by atoms with Gasteiger partial charge in [0.2, 0.25) is 11.1 Å². The summed E-state index contributed by atoms with van der Waals surface area (Å²) >= 11 is 7.40. The summed E-state index contributed by atoms with van der Waals surface area (Å²) in [5.41, 5.74) is 1.70. The molecule has 0 radical (unpaired) electrons. The van der Waals surface area contributed by atoms with E-state index in [0.717, 1.165) is 37.1 Å². The smallest absolute Gasteiger partial charge is 0.240 e. The number of aromatic nitrogens is 3. The summed E-state index contributed by atoms with van der Waals surface area (Å²) in [7, 11) is 0. The molecule has 4 rings (SSSR count). The van der Waals surface area contributed by atoms with Crippen LogP contribution in [0.3, 0.4) is 0 Å². The Labute approximate surface area is 172 Å². The molecule has 28 heavy (non-hydrogen) atoms. The molecule has 1 saturated heterocycles. The predicted molar refractivity (Wildman–Crippen MR) is 111 cm³/mol. The number of likely N-dealkylation sites (tertiary alicyclic amines) is 1. The highest BCUT2D eigenvalue weighted by molar-refractivity contribution is 8.00. The van der Waals surface area contributed by atoms with Crippen molar-refractivity contribution in [1.29, 1.82) is 0 Å². The number of amides is 1. The molecule has 1 aliphatic rings. The number of nitrogen functional groups attached to an aromatic ring is 1. The molecule has 1 amide bonds. The van der Waals surface area contributed by atoms with Gasteiger partial charge in [0.15, 0.2) is 5.82 Å². The highest BCUT2D eigenvalue weighted by Gasteiger charge is 2.30. The lowest BCUT2D eigenvalue weighted by Crippen LogP contribution is -2.31. The monoisotopic (exact) mass is 413 g/mol. The molecule has 2 aromatic carbocycles. The van der Waals surface area contributed by atoms with Crippen molar-refractivity contribution in [3.05, 3.63) is 65.2 Å². The summed E-state index contributed by atoms with van der Waals surface area (Å²) in [5.74, 6) is 6.86. The molecule has 0 saturated carbocycles. The van der Waals surface area contributed by atoms with Crippen molar-refractivity contribution in [3.63, 3.8) is 0 Å². The van der Waals surface area contributed by atoms with Gasteiger partial charge in [-0.25, -0.2) is 4.68 Å². The zero-order chi connectivity index (χ0) is 19.5. The molecule has 6 nitrogen and oxygen atoms in total. The number of nitrogens with two attached hydrogens (primary N) is 1. The molecule has 0 aliphatic carbocycles. The van der Waals surface area contributed by atoms with E-state index in [1.807, 2.05) is 47.4 Å². The van der Waals surface area contributed by atoms with Gasteiger partial charge in [-0.05, 0) is 30.5 Å². The van der Waals surface area contributed by atoms with Crippen LogP contribution in [0.15, 0.2) is 59.8 Å². The molecule has 0 bridgehead atoms. The molecular formula is C20H20ClN5OS. The lowest BCUT2D eigenvalue weighted by Gasteiger charge is -2.22. The Bertz CT molecular complexity index is 972. The van der Waals surface area contributed by atoms with E-state index >= 15 is 0 Å². The minimum absolute atomic E-state index is 0.0843. The third-order valence-electron chi connectivity index (χ3n) is 4.71. The standard InChI is InChI=1S/C20H20ClN5OS/c21-16-10-6-9-15(13-16)18-23-24-20(26(18)22)28-17(14-7-2-1-3-8-14)19(27)25-11-4-5-12-25/h1-3,6-10,13,17H,4-5,11-12,22H2. The zero-order valence-electron chi connectivity index (χ0n) is 15.2. The van der Waals surface area contributed by atoms with Crippen LogP contribution in [0, 0.1) is 0 Å². The number of halogens is 1. The largest absolute Gasteiger partial charge is 0.341 e. The Morgan fingerprint density at radius 3 is 2.54 bits per heavy atom. The highest BCUT2D eigenvalue weighted by Crippen LogP contribution is 2.37. The Hall–Kier alpha value is -2.51. The first-order chi connectivity index (χ1) is 13.6. The number of benzene rings is 2. The first kappa shape index (κ1) is 18.8. The van der Waals surface area contributed by atoms with Crippen molar-refractivity contribution < 1.29 is 4.79 Å². The summed E-state index contributed by atoms with van der Waals surface area (Å²) in [6.45, 7) is 1.59. The molecular weight excluding hydrogens is 394 g/mol. The molecule has 1 aliphatic heterocycles. The lowest BCUT2D eigenvalue weighted by molar-refractivity contribution is -0.129. The molecule has 8 heteroatoms. The van der Waals surface area contributed by atoms with Crippen LogP contribution in [0.4, 0.5) is 0 Å². The van der Waals surface area contributed by atoms with Crippen LogP contribution in [0.2, 0.25) is 5.02 Å². The van der Waals surface area contributed by atoms with Crippen molar-refractivity contribution in [2.75, 3.05) is 18.9 Å². The van der Waals surface area contributed by atoms with E-state index in [2.05, 4.69) is 10.2 Å². The third-order valence-corrected chi connectivity index (χ3v) is 6.15. The number of hydrogen-bond acceptors (Lipinski definition) is 5. The first-order valence-electron chi connectivity index (χ1n) is 9.10. The van der Waals surface area contributed by atoms with E-state index < -0.39 is 5.25 Å². The molecule has 3 aromatic rings. The summed E-state index contributed by atoms with van der Waals surface area (Å²) in [4.78, 5) is 15.1. The predicted octanol–water partition coefficient (Wildman–Crippen LogP) is 3.77. The number of rotatable bonds is 5. The summed E-state index contributed by atoms with van der Waals surface area (Å²) in [5, 5.41) is 9.11. The average molecular weight is 414 g/mol. The van der Waals surface area contributed by atoms with Gasteiger partial charge >= 0.3 is 0 Å². The normalized spacial score (nSPS) is 15.0. The van der Waals surface area contributed by atoms with E-state index in [1.54, 1.807) is 12.1 Å². The van der Waals surface area contributed by atoms with Crippen molar-refractivity contribution >= 4 is 29.3 Å². The van der Waals surface area contributed by atoms with E-state index in [4.69, 9.17) is 17.4 Å². The van der Waals surface area contributed by atoms with Crippen molar-refractivity contribution in [2.24, 2.45) is 0 Å². The second kappa shape index (κ2) is 8.24. The third kappa shape index (κ3) is 3.86. The maximum atomic E-state index is 13.2. The quantitative estimate of drug-likeness (QED) is 0.509. The van der Waals surface area contributed by atoms with Gasteiger partial charge in [0, 0.05) is 23.7 Å². The Morgan fingerprint density at radius 1 is 1.07 bits per heavy atom. The second-order valence-electron chi connectivity index (χ2n) is 6.63. The van der Waals surface area contributed by atoms with Crippen molar-refractivity contribution in [3.8, 4) is 11.4 Å². The molecule has 0 spiro atoms. The Kier molecular flexibility index (Phi) is 5.54. The molecule has 2 N–H and O–H groups in total. The maximum Gasteiger partial charge on any atom is 0.240 e. The fourth-order valence-electron chi connectivity index (χ4n) is 3.28. The zero-order valence-corrected chi connectivity index (χ0v) is 16.7. The maximum absolute atomic E-state index is 13.2. The van der Waals surface area contributed by atoms with E-state index in [9.17, 15) is 4.79 Å². The van der Waals surface area contributed by atoms with Gasteiger partial charge in [-0.15, -0.1) is 10.2 Å². The minimum atomic E-state index is -0.419. The van der Waals surface area contributed by atoms with E-state index in [1.165, 1.54) is 16.4 Å². The first-order valence-corrected chi connectivity index (χ1v) is 10.4. The van der Waals surface area contributed by atoms with E-state index in [0.29, 0.717) is 16.0 Å².